The Morgan fingerprint density at radius 1 is 1.07 bits per heavy atom. The Balaban J connectivity index is 0.000000537. The molecule has 0 saturated heterocycles. The van der Waals surface area contributed by atoms with E-state index in [0.717, 1.165) is 33.0 Å². The minimum Gasteiger partial charge on any atom is -0.466 e. The largest absolute Gasteiger partial charge is 0.466 e. The average Bonchev–Trinajstić information content (AvgIpc) is 2.62. The first kappa shape index (κ1) is 22.9. The summed E-state index contributed by atoms with van der Waals surface area (Å²) in [6.45, 7) is 9.49. The Kier molecular flexibility index (Phi) is 7.83. The van der Waals surface area contributed by atoms with Gasteiger partial charge in [0.25, 0.3) is 0 Å². The van der Waals surface area contributed by atoms with E-state index in [2.05, 4.69) is 18.2 Å². The van der Waals surface area contributed by atoms with Crippen LogP contribution in [-0.4, -0.2) is 23.3 Å². The fraction of sp³-hybridized carbons (Fsp3) is 0.320. The number of esters is 1. The average molecular weight is 413 g/mol. The molecule has 0 heterocycles. The van der Waals surface area contributed by atoms with Crippen LogP contribution in [0.25, 0.3) is 21.9 Å². The highest BCUT2D eigenvalue weighted by molar-refractivity contribution is 6.30. The Labute approximate surface area is 178 Å². The zero-order valence-electron chi connectivity index (χ0n) is 17.8. The molecule has 0 unspecified atom stereocenters. The van der Waals surface area contributed by atoms with E-state index in [9.17, 15) is 4.79 Å². The Morgan fingerprint density at radius 3 is 2.24 bits per heavy atom. The van der Waals surface area contributed by atoms with Gasteiger partial charge in [-0.3, -0.25) is 4.79 Å². The first-order chi connectivity index (χ1) is 13.6. The van der Waals surface area contributed by atoms with Crippen LogP contribution in [0.5, 0.6) is 0 Å². The molecule has 0 atom stereocenters. The topological polar surface area (TPSA) is 46.5 Å². The molecule has 0 fully saturated rings. The maximum absolute atomic E-state index is 12.1. The summed E-state index contributed by atoms with van der Waals surface area (Å²) in [7, 11) is 0. The van der Waals surface area contributed by atoms with Gasteiger partial charge in [-0.05, 0) is 79.8 Å². The number of ether oxygens (including phenoxy) is 1. The number of hydrogen-bond donors (Lipinski definition) is 1. The molecule has 3 rings (SSSR count). The number of carbonyl (C=O) groups excluding carboxylic acids is 1. The predicted molar refractivity (Wildman–Crippen MR) is 121 cm³/mol. The fourth-order valence-electron chi connectivity index (χ4n) is 3.06. The standard InChI is InChI=1S/C21H19ClO2.C4H10O/c1-3-24-20(23)13-19-14(2)12-16-6-4-5-7-18(16)21(19)15-8-10-17(22)11-9-15;1-4(2,3)5/h4-12H,3,13H2,1-2H3;5H,1-3H3. The molecule has 3 aromatic rings. The van der Waals surface area contributed by atoms with E-state index in [1.54, 1.807) is 20.8 Å². The van der Waals surface area contributed by atoms with E-state index in [4.69, 9.17) is 21.4 Å². The third-order valence-corrected chi connectivity index (χ3v) is 4.39. The van der Waals surface area contributed by atoms with E-state index in [1.165, 1.54) is 0 Å². The molecule has 3 aromatic carbocycles. The van der Waals surface area contributed by atoms with Gasteiger partial charge in [0.15, 0.2) is 0 Å². The maximum Gasteiger partial charge on any atom is 0.310 e. The number of fused-ring (bicyclic) bond motifs is 1. The highest BCUT2D eigenvalue weighted by Gasteiger charge is 2.16. The van der Waals surface area contributed by atoms with E-state index >= 15 is 0 Å². The van der Waals surface area contributed by atoms with Gasteiger partial charge in [-0.15, -0.1) is 0 Å². The van der Waals surface area contributed by atoms with E-state index in [-0.39, 0.29) is 12.4 Å². The summed E-state index contributed by atoms with van der Waals surface area (Å²) < 4.78 is 5.16. The number of carbonyl (C=O) groups is 1. The molecule has 0 aliphatic heterocycles. The smallest absolute Gasteiger partial charge is 0.310 e. The molecule has 3 nitrogen and oxygen atoms in total. The third-order valence-electron chi connectivity index (χ3n) is 4.14. The molecule has 1 N–H and O–H groups in total. The summed E-state index contributed by atoms with van der Waals surface area (Å²) >= 11 is 6.04. The van der Waals surface area contributed by atoms with Crippen molar-refractivity contribution in [2.45, 2.75) is 46.6 Å². The zero-order valence-corrected chi connectivity index (χ0v) is 18.5. The van der Waals surface area contributed by atoms with Gasteiger partial charge in [0.1, 0.15) is 0 Å². The molecule has 0 saturated carbocycles. The molecule has 0 radical (unpaired) electrons. The van der Waals surface area contributed by atoms with Crippen LogP contribution < -0.4 is 0 Å². The Hall–Kier alpha value is -2.36. The van der Waals surface area contributed by atoms with Gasteiger partial charge >= 0.3 is 5.97 Å². The number of aliphatic hydroxyl groups is 1. The zero-order chi connectivity index (χ0) is 21.6. The van der Waals surface area contributed by atoms with Gasteiger partial charge in [-0.25, -0.2) is 0 Å². The van der Waals surface area contributed by atoms with Crippen LogP contribution in [0, 0.1) is 6.92 Å². The SMILES string of the molecule is CC(C)(C)O.CCOC(=O)Cc1c(C)cc2ccccc2c1-c1ccc(Cl)cc1. The Bertz CT molecular complexity index is 964. The number of benzene rings is 3. The molecule has 29 heavy (non-hydrogen) atoms. The second kappa shape index (κ2) is 9.91. The van der Waals surface area contributed by atoms with Gasteiger partial charge in [0.2, 0.25) is 0 Å². The van der Waals surface area contributed by atoms with Crippen LogP contribution in [0.2, 0.25) is 5.02 Å². The summed E-state index contributed by atoms with van der Waals surface area (Å²) in [5, 5.41) is 11.5. The molecule has 0 aliphatic carbocycles. The molecule has 0 aliphatic rings. The summed E-state index contributed by atoms with van der Waals surface area (Å²) in [5.74, 6) is -0.203. The summed E-state index contributed by atoms with van der Waals surface area (Å²) in [6.07, 6.45) is 0.266. The normalized spacial score (nSPS) is 11.0. The highest BCUT2D eigenvalue weighted by Crippen LogP contribution is 2.35. The summed E-state index contributed by atoms with van der Waals surface area (Å²) in [5.41, 5.74) is 3.73. The molecular weight excluding hydrogens is 384 g/mol. The molecular formula is C25H29ClO3. The van der Waals surface area contributed by atoms with Crippen LogP contribution in [0.15, 0.2) is 54.6 Å². The molecule has 4 heteroatoms. The lowest BCUT2D eigenvalue weighted by Gasteiger charge is -2.16. The number of rotatable bonds is 4. The first-order valence-corrected chi connectivity index (χ1v) is 10.1. The molecule has 0 aromatic heterocycles. The second-order valence-corrected chi connectivity index (χ2v) is 8.36. The first-order valence-electron chi connectivity index (χ1n) is 9.75. The van der Waals surface area contributed by atoms with Crippen molar-refractivity contribution >= 4 is 28.3 Å². The lowest BCUT2D eigenvalue weighted by Crippen LogP contribution is -2.10. The van der Waals surface area contributed by atoms with Crippen LogP contribution in [0.4, 0.5) is 0 Å². The summed E-state index contributed by atoms with van der Waals surface area (Å²) in [6, 6.07) is 18.1. The minimum atomic E-state index is -0.500. The lowest BCUT2D eigenvalue weighted by atomic mass is 9.88. The van der Waals surface area contributed by atoms with E-state index < -0.39 is 5.60 Å². The van der Waals surface area contributed by atoms with Crippen LogP contribution >= 0.6 is 11.6 Å². The minimum absolute atomic E-state index is 0.203. The van der Waals surface area contributed by atoms with Gasteiger partial charge in [-0.1, -0.05) is 54.1 Å². The fourth-order valence-corrected chi connectivity index (χ4v) is 3.19. The number of hydrogen-bond acceptors (Lipinski definition) is 3. The maximum atomic E-state index is 12.1. The van der Waals surface area contributed by atoms with Gasteiger partial charge in [0, 0.05) is 5.02 Å². The van der Waals surface area contributed by atoms with Gasteiger partial charge < -0.3 is 9.84 Å². The van der Waals surface area contributed by atoms with Crippen molar-refractivity contribution in [3.05, 3.63) is 70.7 Å². The number of aryl methyl sites for hydroxylation is 1. The van der Waals surface area contributed by atoms with Crippen molar-refractivity contribution < 1.29 is 14.6 Å². The van der Waals surface area contributed by atoms with Crippen molar-refractivity contribution in [1.82, 2.24) is 0 Å². The predicted octanol–water partition coefficient (Wildman–Crippen LogP) is 6.35. The summed E-state index contributed by atoms with van der Waals surface area (Å²) in [4.78, 5) is 12.1. The monoisotopic (exact) mass is 412 g/mol. The van der Waals surface area contributed by atoms with Gasteiger partial charge in [-0.2, -0.15) is 0 Å². The molecule has 0 bridgehead atoms. The van der Waals surface area contributed by atoms with E-state index in [1.807, 2.05) is 50.2 Å². The molecule has 0 spiro atoms. The lowest BCUT2D eigenvalue weighted by molar-refractivity contribution is -0.142. The second-order valence-electron chi connectivity index (χ2n) is 7.93. The van der Waals surface area contributed by atoms with Crippen molar-refractivity contribution in [2.75, 3.05) is 6.61 Å². The van der Waals surface area contributed by atoms with Crippen molar-refractivity contribution in [1.29, 1.82) is 0 Å². The van der Waals surface area contributed by atoms with Crippen LogP contribution in [0.3, 0.4) is 0 Å². The highest BCUT2D eigenvalue weighted by atomic mass is 35.5. The van der Waals surface area contributed by atoms with Crippen LogP contribution in [0.1, 0.15) is 38.8 Å². The van der Waals surface area contributed by atoms with Crippen LogP contribution in [-0.2, 0) is 16.0 Å². The Morgan fingerprint density at radius 2 is 1.66 bits per heavy atom. The van der Waals surface area contributed by atoms with Crippen molar-refractivity contribution in [3.63, 3.8) is 0 Å². The molecule has 0 amide bonds. The van der Waals surface area contributed by atoms with Crippen molar-refractivity contribution in [3.8, 4) is 11.1 Å². The van der Waals surface area contributed by atoms with Gasteiger partial charge in [0.05, 0.1) is 18.6 Å². The third kappa shape index (κ3) is 6.88. The quantitative estimate of drug-likeness (QED) is 0.507. The van der Waals surface area contributed by atoms with Crippen molar-refractivity contribution in [2.24, 2.45) is 0 Å². The van der Waals surface area contributed by atoms with E-state index in [0.29, 0.717) is 11.6 Å². The molecule has 154 valence electrons. The number of halogens is 1.